The Balaban J connectivity index is 1.64. The lowest BCUT2D eigenvalue weighted by Crippen LogP contribution is -2.52. The van der Waals surface area contributed by atoms with Crippen LogP contribution in [0.5, 0.6) is 0 Å². The number of aromatic nitrogens is 2. The van der Waals surface area contributed by atoms with Crippen molar-refractivity contribution < 1.29 is 4.74 Å². The number of ether oxygens (including phenoxy) is 1. The highest BCUT2D eigenvalue weighted by Gasteiger charge is 2.34. The molecule has 3 rings (SSSR count). The van der Waals surface area contributed by atoms with Gasteiger partial charge in [-0.05, 0) is 46.0 Å². The largest absolute Gasteiger partial charge is 0.375 e. The van der Waals surface area contributed by atoms with E-state index in [1.807, 2.05) is 13.0 Å². The summed E-state index contributed by atoms with van der Waals surface area (Å²) in [5, 5.41) is 8.55. The molecule has 1 aromatic rings. The Hall–Kier alpha value is -1.24. The maximum Gasteiger partial charge on any atom is 0.151 e. The van der Waals surface area contributed by atoms with Gasteiger partial charge < -0.3 is 14.5 Å². The van der Waals surface area contributed by atoms with Crippen LogP contribution >= 0.6 is 0 Å². The first-order chi connectivity index (χ1) is 11.1. The maximum absolute atomic E-state index is 6.08. The second-order valence-corrected chi connectivity index (χ2v) is 6.91. The lowest BCUT2D eigenvalue weighted by atomic mass is 10.0. The van der Waals surface area contributed by atoms with E-state index >= 15 is 0 Å². The first-order valence-corrected chi connectivity index (χ1v) is 8.69. The Bertz CT molecular complexity index is 492. The average Bonchev–Trinajstić information content (AvgIpc) is 2.76. The topological polar surface area (TPSA) is 44.7 Å². The molecular formula is C17H29N5O. The molecule has 0 saturated carbocycles. The third-order valence-electron chi connectivity index (χ3n) is 4.93. The molecule has 1 aromatic heterocycles. The summed E-state index contributed by atoms with van der Waals surface area (Å²) in [6.07, 6.45) is 2.56. The second kappa shape index (κ2) is 7.55. The van der Waals surface area contributed by atoms with Gasteiger partial charge in [-0.25, -0.2) is 0 Å². The number of nitrogens with zero attached hydrogens (tertiary/aromatic N) is 5. The van der Waals surface area contributed by atoms with Crippen molar-refractivity contribution in [1.82, 2.24) is 20.0 Å². The van der Waals surface area contributed by atoms with Crippen molar-refractivity contribution in [3.63, 3.8) is 0 Å². The molecule has 2 saturated heterocycles. The minimum absolute atomic E-state index is 0.356. The van der Waals surface area contributed by atoms with Crippen LogP contribution in [0.2, 0.25) is 0 Å². The zero-order valence-electron chi connectivity index (χ0n) is 14.6. The molecule has 0 radical (unpaired) electrons. The maximum atomic E-state index is 6.08. The highest BCUT2D eigenvalue weighted by Crippen LogP contribution is 2.25. The number of hydrogen-bond donors (Lipinski definition) is 0. The summed E-state index contributed by atoms with van der Waals surface area (Å²) in [5.74, 6) is 0.995. The molecule has 23 heavy (non-hydrogen) atoms. The van der Waals surface area contributed by atoms with Crippen LogP contribution in [0.4, 0.5) is 5.82 Å². The van der Waals surface area contributed by atoms with Crippen molar-refractivity contribution in [2.24, 2.45) is 0 Å². The van der Waals surface area contributed by atoms with Crippen LogP contribution < -0.4 is 4.90 Å². The summed E-state index contributed by atoms with van der Waals surface area (Å²) in [7, 11) is 4.28. The fourth-order valence-electron chi connectivity index (χ4n) is 3.56. The molecule has 2 unspecified atom stereocenters. The lowest BCUT2D eigenvalue weighted by molar-refractivity contribution is -0.0723. The van der Waals surface area contributed by atoms with Crippen molar-refractivity contribution in [3.05, 3.63) is 17.8 Å². The Kier molecular flexibility index (Phi) is 5.46. The van der Waals surface area contributed by atoms with Gasteiger partial charge in [0.2, 0.25) is 0 Å². The molecule has 0 aromatic carbocycles. The lowest BCUT2D eigenvalue weighted by Gasteiger charge is -2.40. The van der Waals surface area contributed by atoms with Crippen molar-refractivity contribution >= 4 is 5.82 Å². The quantitative estimate of drug-likeness (QED) is 0.825. The third kappa shape index (κ3) is 4.19. The van der Waals surface area contributed by atoms with Crippen molar-refractivity contribution in [2.45, 2.75) is 31.9 Å². The SMILES string of the molecule is Cc1ccc(N2CCC3OCCN(CCN(C)C)C3CC2)nn1. The molecule has 0 N–H and O–H groups in total. The second-order valence-electron chi connectivity index (χ2n) is 6.91. The fourth-order valence-corrected chi connectivity index (χ4v) is 3.56. The number of morpholine rings is 1. The van der Waals surface area contributed by atoms with E-state index in [0.717, 1.165) is 63.7 Å². The molecular weight excluding hydrogens is 290 g/mol. The van der Waals surface area contributed by atoms with E-state index in [1.54, 1.807) is 0 Å². The van der Waals surface area contributed by atoms with Gasteiger partial charge in [0.1, 0.15) is 0 Å². The van der Waals surface area contributed by atoms with Gasteiger partial charge in [-0.2, -0.15) is 5.10 Å². The number of likely N-dealkylation sites (N-methyl/N-ethyl adjacent to an activating group) is 1. The summed E-state index contributed by atoms with van der Waals surface area (Å²) in [6, 6.07) is 4.66. The number of aryl methyl sites for hydroxylation is 1. The molecule has 2 atom stereocenters. The van der Waals surface area contributed by atoms with Crippen molar-refractivity contribution in [2.75, 3.05) is 58.3 Å². The molecule has 0 aliphatic carbocycles. The smallest absolute Gasteiger partial charge is 0.151 e. The van der Waals surface area contributed by atoms with Gasteiger partial charge >= 0.3 is 0 Å². The Morgan fingerprint density at radius 3 is 2.74 bits per heavy atom. The van der Waals surface area contributed by atoms with Crippen molar-refractivity contribution in [1.29, 1.82) is 0 Å². The predicted octanol–water partition coefficient (Wildman–Crippen LogP) is 1.02. The standard InChI is InChI=1S/C17H29N5O/c1-14-4-5-17(19-18-14)22-8-6-15-16(7-9-22)23-13-12-21(15)11-10-20(2)3/h4-5,15-16H,6-13H2,1-3H3. The van der Waals surface area contributed by atoms with E-state index in [4.69, 9.17) is 4.74 Å². The third-order valence-corrected chi connectivity index (χ3v) is 4.93. The normalized spacial score (nSPS) is 26.2. The van der Waals surface area contributed by atoms with Crippen LogP contribution in [0.3, 0.4) is 0 Å². The molecule has 2 aliphatic heterocycles. The minimum Gasteiger partial charge on any atom is -0.375 e. The van der Waals surface area contributed by atoms with Gasteiger partial charge in [-0.1, -0.05) is 0 Å². The zero-order valence-corrected chi connectivity index (χ0v) is 14.6. The number of anilines is 1. The van der Waals surface area contributed by atoms with Crippen LogP contribution in [0.25, 0.3) is 0 Å². The van der Waals surface area contributed by atoms with E-state index in [2.05, 4.69) is 45.1 Å². The van der Waals surface area contributed by atoms with Crippen LogP contribution in [0.1, 0.15) is 18.5 Å². The summed E-state index contributed by atoms with van der Waals surface area (Å²) in [5.41, 5.74) is 0.968. The van der Waals surface area contributed by atoms with Crippen LogP contribution in [-0.2, 0) is 4.74 Å². The van der Waals surface area contributed by atoms with Crippen LogP contribution in [0.15, 0.2) is 12.1 Å². The molecule has 0 spiro atoms. The van der Waals surface area contributed by atoms with E-state index < -0.39 is 0 Å². The molecule has 2 fully saturated rings. The molecule has 2 aliphatic rings. The Morgan fingerprint density at radius 1 is 1.17 bits per heavy atom. The van der Waals surface area contributed by atoms with E-state index in [0.29, 0.717) is 12.1 Å². The monoisotopic (exact) mass is 319 g/mol. The Morgan fingerprint density at radius 2 is 2.00 bits per heavy atom. The van der Waals surface area contributed by atoms with E-state index in [-0.39, 0.29) is 0 Å². The number of fused-ring (bicyclic) bond motifs is 1. The van der Waals surface area contributed by atoms with Crippen LogP contribution in [0, 0.1) is 6.92 Å². The highest BCUT2D eigenvalue weighted by molar-refractivity contribution is 5.37. The summed E-state index contributed by atoms with van der Waals surface area (Å²) in [6.45, 7) is 8.15. The summed E-state index contributed by atoms with van der Waals surface area (Å²) in [4.78, 5) is 7.24. The highest BCUT2D eigenvalue weighted by atomic mass is 16.5. The van der Waals surface area contributed by atoms with Gasteiger partial charge in [0, 0.05) is 38.8 Å². The van der Waals surface area contributed by atoms with E-state index in [9.17, 15) is 0 Å². The number of hydrogen-bond acceptors (Lipinski definition) is 6. The summed E-state index contributed by atoms with van der Waals surface area (Å²) < 4.78 is 6.08. The predicted molar refractivity (Wildman–Crippen MR) is 91.9 cm³/mol. The van der Waals surface area contributed by atoms with E-state index in [1.165, 1.54) is 0 Å². The van der Waals surface area contributed by atoms with Gasteiger partial charge in [-0.3, -0.25) is 4.90 Å². The molecule has 128 valence electrons. The average molecular weight is 319 g/mol. The zero-order chi connectivity index (χ0) is 16.2. The van der Waals surface area contributed by atoms with Gasteiger partial charge in [0.15, 0.2) is 5.82 Å². The molecule has 0 amide bonds. The molecule has 3 heterocycles. The fraction of sp³-hybridized carbons (Fsp3) is 0.765. The van der Waals surface area contributed by atoms with Gasteiger partial charge in [0.25, 0.3) is 0 Å². The van der Waals surface area contributed by atoms with Gasteiger partial charge in [-0.15, -0.1) is 5.10 Å². The molecule has 6 heteroatoms. The Labute approximate surface area is 139 Å². The number of rotatable bonds is 4. The minimum atomic E-state index is 0.356. The van der Waals surface area contributed by atoms with Gasteiger partial charge in [0.05, 0.1) is 18.4 Å². The summed E-state index contributed by atoms with van der Waals surface area (Å²) >= 11 is 0. The first kappa shape index (κ1) is 16.6. The van der Waals surface area contributed by atoms with Crippen molar-refractivity contribution in [3.8, 4) is 0 Å². The van der Waals surface area contributed by atoms with Crippen LogP contribution in [-0.4, -0.2) is 85.6 Å². The molecule has 6 nitrogen and oxygen atoms in total. The molecule has 0 bridgehead atoms. The first-order valence-electron chi connectivity index (χ1n) is 8.69.